The molecule has 0 atom stereocenters. The molecule has 2 aromatic heterocycles. The van der Waals surface area contributed by atoms with Crippen LogP contribution in [0.15, 0.2) is 23.0 Å². The van der Waals surface area contributed by atoms with Gasteiger partial charge in [-0.2, -0.15) is 8.78 Å². The van der Waals surface area contributed by atoms with Crippen LogP contribution in [0.1, 0.15) is 33.0 Å². The molecule has 10 heteroatoms. The van der Waals surface area contributed by atoms with Gasteiger partial charge in [0.15, 0.2) is 11.5 Å². The topological polar surface area (TPSA) is 73.7 Å². The van der Waals surface area contributed by atoms with Crippen molar-refractivity contribution in [3.63, 3.8) is 0 Å². The molecule has 0 unspecified atom stereocenters. The van der Waals surface area contributed by atoms with Crippen molar-refractivity contribution < 1.29 is 23.0 Å². The predicted molar refractivity (Wildman–Crippen MR) is 112 cm³/mol. The normalized spacial score (nSPS) is 13.0. The lowest BCUT2D eigenvalue weighted by Gasteiger charge is -2.18. The van der Waals surface area contributed by atoms with Gasteiger partial charge in [0.05, 0.1) is 17.4 Å². The zero-order valence-electron chi connectivity index (χ0n) is 17.3. The number of ether oxygens (including phenoxy) is 2. The summed E-state index contributed by atoms with van der Waals surface area (Å²) in [5.74, 6) is 0.576. The van der Waals surface area contributed by atoms with Gasteiger partial charge in [-0.05, 0) is 36.6 Å². The number of aryl methyl sites for hydroxylation is 2. The maximum absolute atomic E-state index is 13.1. The minimum atomic E-state index is -2.99. The molecule has 0 bridgehead atoms. The summed E-state index contributed by atoms with van der Waals surface area (Å²) in [6.45, 7) is -0.417. The van der Waals surface area contributed by atoms with Gasteiger partial charge in [0.2, 0.25) is 0 Å². The molecule has 1 aliphatic rings. The van der Waals surface area contributed by atoms with Gasteiger partial charge in [0.1, 0.15) is 10.7 Å². The van der Waals surface area contributed by atoms with Crippen molar-refractivity contribution in [2.45, 2.75) is 39.5 Å². The third-order valence-corrected chi connectivity index (χ3v) is 6.49. The van der Waals surface area contributed by atoms with Gasteiger partial charge in [0.25, 0.3) is 11.5 Å². The van der Waals surface area contributed by atoms with Gasteiger partial charge in [-0.3, -0.25) is 14.2 Å². The summed E-state index contributed by atoms with van der Waals surface area (Å²) in [6.07, 6.45) is 1.65. The summed E-state index contributed by atoms with van der Waals surface area (Å²) in [5, 5.41) is 0.490. The van der Waals surface area contributed by atoms with Crippen LogP contribution in [0.25, 0.3) is 10.2 Å². The maximum atomic E-state index is 13.1. The van der Waals surface area contributed by atoms with Crippen molar-refractivity contribution in [1.29, 1.82) is 0 Å². The van der Waals surface area contributed by atoms with E-state index in [0.717, 1.165) is 18.7 Å². The molecule has 31 heavy (non-hydrogen) atoms. The largest absolute Gasteiger partial charge is 0.493 e. The second-order valence-corrected chi connectivity index (χ2v) is 8.35. The van der Waals surface area contributed by atoms with E-state index in [9.17, 15) is 18.4 Å². The molecule has 1 amide bonds. The second kappa shape index (κ2) is 8.26. The second-order valence-electron chi connectivity index (χ2n) is 7.35. The minimum Gasteiger partial charge on any atom is -0.493 e. The number of thiophene rings is 1. The number of nitrogens with zero attached hydrogens (tertiary/aromatic N) is 3. The van der Waals surface area contributed by atoms with E-state index in [1.165, 1.54) is 35.5 Å². The molecule has 1 aliphatic heterocycles. The number of rotatable bonds is 6. The molecule has 0 N–H and O–H groups in total. The Labute approximate surface area is 180 Å². The van der Waals surface area contributed by atoms with Crippen LogP contribution in [0.3, 0.4) is 0 Å². The summed E-state index contributed by atoms with van der Waals surface area (Å²) in [4.78, 5) is 33.0. The first-order valence-electron chi connectivity index (χ1n) is 9.70. The van der Waals surface area contributed by atoms with Crippen molar-refractivity contribution in [1.82, 2.24) is 14.5 Å². The molecular formula is C21H21F2N3O4S. The first kappa shape index (κ1) is 21.2. The number of carbonyl (C=O) groups is 1. The molecule has 0 saturated heterocycles. The van der Waals surface area contributed by atoms with Crippen molar-refractivity contribution >= 4 is 27.5 Å². The number of halogens is 2. The lowest BCUT2D eigenvalue weighted by atomic mass is 10.1. The lowest BCUT2D eigenvalue weighted by Crippen LogP contribution is -2.26. The number of aromatic nitrogens is 2. The van der Waals surface area contributed by atoms with Crippen LogP contribution >= 0.6 is 11.3 Å². The number of amides is 1. The van der Waals surface area contributed by atoms with Crippen LogP contribution < -0.4 is 15.0 Å². The van der Waals surface area contributed by atoms with Gasteiger partial charge in [-0.25, -0.2) is 4.98 Å². The van der Waals surface area contributed by atoms with Crippen LogP contribution in [0, 0.1) is 6.92 Å². The van der Waals surface area contributed by atoms with Crippen LogP contribution in [0.2, 0.25) is 0 Å². The standard InChI is InChI=1S/C21H21F2N3O4S/c1-11-16-18(24-15-5-4-8-26(15)19(16)27)31-17(11)20(28)25(2)10-12-6-7-13(29-3)14(9-12)30-21(22)23/h6-7,9,21H,4-5,8,10H2,1-3H3. The van der Waals surface area contributed by atoms with E-state index in [1.807, 2.05) is 0 Å². The maximum Gasteiger partial charge on any atom is 0.387 e. The molecular weight excluding hydrogens is 428 g/mol. The van der Waals surface area contributed by atoms with E-state index in [1.54, 1.807) is 24.6 Å². The van der Waals surface area contributed by atoms with Gasteiger partial charge in [-0.15, -0.1) is 11.3 Å². The summed E-state index contributed by atoms with van der Waals surface area (Å²) in [5.41, 5.74) is 1.12. The fourth-order valence-corrected chi connectivity index (χ4v) is 4.99. The summed E-state index contributed by atoms with van der Waals surface area (Å²) in [7, 11) is 2.98. The van der Waals surface area contributed by atoms with Gasteiger partial charge in [0, 0.05) is 26.6 Å². The molecule has 1 aromatic carbocycles. The highest BCUT2D eigenvalue weighted by Gasteiger charge is 2.25. The molecule has 0 radical (unpaired) electrons. The zero-order valence-corrected chi connectivity index (χ0v) is 18.1. The summed E-state index contributed by atoms with van der Waals surface area (Å²) in [6, 6.07) is 4.62. The van der Waals surface area contributed by atoms with E-state index < -0.39 is 6.61 Å². The fourth-order valence-electron chi connectivity index (χ4n) is 3.81. The van der Waals surface area contributed by atoms with Crippen molar-refractivity contribution in [3.05, 3.63) is 50.4 Å². The molecule has 0 saturated carbocycles. The number of methoxy groups -OCH3 is 1. The number of hydrogen-bond donors (Lipinski definition) is 0. The van der Waals surface area contributed by atoms with E-state index in [-0.39, 0.29) is 29.5 Å². The molecule has 0 spiro atoms. The Balaban J connectivity index is 1.62. The van der Waals surface area contributed by atoms with E-state index in [2.05, 4.69) is 9.72 Å². The van der Waals surface area contributed by atoms with Crippen molar-refractivity contribution in [3.8, 4) is 11.5 Å². The Bertz CT molecular complexity index is 1220. The Morgan fingerprint density at radius 2 is 2.13 bits per heavy atom. The van der Waals surface area contributed by atoms with Crippen LogP contribution in [-0.4, -0.2) is 41.1 Å². The number of fused-ring (bicyclic) bond motifs is 2. The van der Waals surface area contributed by atoms with Gasteiger partial charge < -0.3 is 14.4 Å². The molecule has 3 aromatic rings. The Morgan fingerprint density at radius 1 is 1.35 bits per heavy atom. The SMILES string of the molecule is COc1ccc(CN(C)C(=O)c2sc3nc4n(c(=O)c3c2C)CCC4)cc1OC(F)F. The zero-order chi connectivity index (χ0) is 22.3. The molecule has 7 nitrogen and oxygen atoms in total. The van der Waals surface area contributed by atoms with Gasteiger partial charge in [-0.1, -0.05) is 6.07 Å². The molecule has 0 fully saturated rings. The highest BCUT2D eigenvalue weighted by atomic mass is 32.1. The minimum absolute atomic E-state index is 0.0966. The van der Waals surface area contributed by atoms with Crippen molar-refractivity contribution in [2.75, 3.05) is 14.2 Å². The number of benzene rings is 1. The van der Waals surface area contributed by atoms with Crippen LogP contribution in [0.5, 0.6) is 11.5 Å². The first-order valence-corrected chi connectivity index (χ1v) is 10.5. The molecule has 164 valence electrons. The monoisotopic (exact) mass is 449 g/mol. The third-order valence-electron chi connectivity index (χ3n) is 5.32. The van der Waals surface area contributed by atoms with Gasteiger partial charge >= 0.3 is 6.61 Å². The highest BCUT2D eigenvalue weighted by Crippen LogP contribution is 2.32. The molecule has 4 rings (SSSR count). The summed E-state index contributed by atoms with van der Waals surface area (Å²) >= 11 is 1.21. The van der Waals surface area contributed by atoms with E-state index in [0.29, 0.717) is 32.8 Å². The lowest BCUT2D eigenvalue weighted by molar-refractivity contribution is -0.0512. The Kier molecular flexibility index (Phi) is 5.65. The highest BCUT2D eigenvalue weighted by molar-refractivity contribution is 7.20. The molecule has 3 heterocycles. The Morgan fingerprint density at radius 3 is 2.84 bits per heavy atom. The Hall–Kier alpha value is -3.01. The number of carbonyl (C=O) groups excluding carboxylic acids is 1. The smallest absolute Gasteiger partial charge is 0.387 e. The predicted octanol–water partition coefficient (Wildman–Crippen LogP) is 3.59. The number of hydrogen-bond acceptors (Lipinski definition) is 6. The van der Waals surface area contributed by atoms with E-state index in [4.69, 9.17) is 4.74 Å². The number of alkyl halides is 2. The average Bonchev–Trinajstić information content (AvgIpc) is 3.32. The first-order chi connectivity index (χ1) is 14.8. The van der Waals surface area contributed by atoms with Crippen LogP contribution in [0.4, 0.5) is 8.78 Å². The average molecular weight is 449 g/mol. The van der Waals surface area contributed by atoms with E-state index >= 15 is 0 Å². The van der Waals surface area contributed by atoms with Crippen LogP contribution in [-0.2, 0) is 19.5 Å². The quantitative estimate of drug-likeness (QED) is 0.575. The third kappa shape index (κ3) is 3.87. The fraction of sp³-hybridized carbons (Fsp3) is 0.381. The molecule has 0 aliphatic carbocycles. The summed E-state index contributed by atoms with van der Waals surface area (Å²) < 4.78 is 36.6. The van der Waals surface area contributed by atoms with Crippen molar-refractivity contribution in [2.24, 2.45) is 0 Å².